The summed E-state index contributed by atoms with van der Waals surface area (Å²) >= 11 is 0. The summed E-state index contributed by atoms with van der Waals surface area (Å²) in [4.78, 5) is 25.8. The van der Waals surface area contributed by atoms with E-state index in [-0.39, 0.29) is 18.9 Å². The number of amides is 2. The van der Waals surface area contributed by atoms with Gasteiger partial charge in [0, 0.05) is 19.5 Å². The summed E-state index contributed by atoms with van der Waals surface area (Å²) in [6, 6.07) is 14.7. The van der Waals surface area contributed by atoms with Crippen molar-refractivity contribution in [3.63, 3.8) is 0 Å². The third-order valence-corrected chi connectivity index (χ3v) is 3.76. The second-order valence-corrected chi connectivity index (χ2v) is 5.47. The van der Waals surface area contributed by atoms with Crippen molar-refractivity contribution >= 4 is 11.8 Å². The van der Waals surface area contributed by atoms with Crippen LogP contribution >= 0.6 is 0 Å². The van der Waals surface area contributed by atoms with E-state index < -0.39 is 5.91 Å². The van der Waals surface area contributed by atoms with Gasteiger partial charge < -0.3 is 20.1 Å². The highest BCUT2D eigenvalue weighted by molar-refractivity contribution is 5.98. The summed E-state index contributed by atoms with van der Waals surface area (Å²) in [6.07, 6.45) is 0.0882. The molecule has 0 saturated carbocycles. The Bertz CT molecular complexity index is 731. The van der Waals surface area contributed by atoms with Crippen molar-refractivity contribution in [2.45, 2.75) is 13.0 Å². The van der Waals surface area contributed by atoms with Gasteiger partial charge in [0.1, 0.15) is 0 Å². The number of benzene rings is 2. The van der Waals surface area contributed by atoms with Gasteiger partial charge in [-0.25, -0.2) is 0 Å². The van der Waals surface area contributed by atoms with E-state index in [2.05, 4.69) is 0 Å². The average Bonchev–Trinajstić information content (AvgIpc) is 2.64. The monoisotopic (exact) mass is 342 g/mol. The summed E-state index contributed by atoms with van der Waals surface area (Å²) in [5.74, 6) is 0.138. The van der Waals surface area contributed by atoms with Gasteiger partial charge in [0.25, 0.3) is 5.91 Å². The molecule has 0 aliphatic rings. The van der Waals surface area contributed by atoms with Crippen LogP contribution in [0.4, 0.5) is 0 Å². The molecule has 2 rings (SSSR count). The second kappa shape index (κ2) is 8.73. The van der Waals surface area contributed by atoms with Gasteiger partial charge in [-0.1, -0.05) is 36.4 Å². The molecule has 2 aromatic carbocycles. The smallest absolute Gasteiger partial charge is 0.258 e. The Balaban J connectivity index is 2.32. The molecule has 6 heteroatoms. The first kappa shape index (κ1) is 18.3. The van der Waals surface area contributed by atoms with E-state index in [9.17, 15) is 9.59 Å². The van der Waals surface area contributed by atoms with Crippen LogP contribution in [0.25, 0.3) is 0 Å². The Labute approximate surface area is 147 Å². The lowest BCUT2D eigenvalue weighted by molar-refractivity contribution is -0.118. The molecule has 0 aliphatic carbocycles. The highest BCUT2D eigenvalue weighted by Gasteiger charge is 2.22. The highest BCUT2D eigenvalue weighted by Crippen LogP contribution is 2.31. The maximum atomic E-state index is 13.0. The SMILES string of the molecule is COc1cccc(C(=O)N(CCC(N)=O)Cc2ccccc2)c1OC. The molecule has 2 amide bonds. The molecule has 0 bridgehead atoms. The van der Waals surface area contributed by atoms with Crippen LogP contribution in [0.2, 0.25) is 0 Å². The minimum Gasteiger partial charge on any atom is -0.493 e. The van der Waals surface area contributed by atoms with Crippen LogP contribution in [0.5, 0.6) is 11.5 Å². The standard InChI is InChI=1S/C19H22N2O4/c1-24-16-10-6-9-15(18(16)25-2)19(23)21(12-11-17(20)22)13-14-7-4-3-5-8-14/h3-10H,11-13H2,1-2H3,(H2,20,22). The molecule has 25 heavy (non-hydrogen) atoms. The molecule has 132 valence electrons. The number of hydrogen-bond acceptors (Lipinski definition) is 4. The number of nitrogens with zero attached hydrogens (tertiary/aromatic N) is 1. The number of para-hydroxylation sites is 1. The Kier molecular flexibility index (Phi) is 6.39. The Hall–Kier alpha value is -3.02. The van der Waals surface area contributed by atoms with E-state index in [0.717, 1.165) is 5.56 Å². The Morgan fingerprint density at radius 3 is 2.32 bits per heavy atom. The predicted molar refractivity (Wildman–Crippen MR) is 94.5 cm³/mol. The maximum Gasteiger partial charge on any atom is 0.258 e. The van der Waals surface area contributed by atoms with Crippen molar-refractivity contribution in [3.05, 3.63) is 59.7 Å². The van der Waals surface area contributed by atoms with Gasteiger partial charge in [0.2, 0.25) is 5.91 Å². The number of nitrogens with two attached hydrogens (primary N) is 1. The minimum absolute atomic E-state index is 0.0882. The van der Waals surface area contributed by atoms with Gasteiger partial charge >= 0.3 is 0 Å². The first-order chi connectivity index (χ1) is 12.1. The van der Waals surface area contributed by atoms with Crippen molar-refractivity contribution in [3.8, 4) is 11.5 Å². The number of carbonyl (C=O) groups is 2. The molecule has 0 heterocycles. The van der Waals surface area contributed by atoms with Crippen LogP contribution in [0, 0.1) is 0 Å². The molecule has 0 aliphatic heterocycles. The number of ether oxygens (including phenoxy) is 2. The van der Waals surface area contributed by atoms with E-state index in [1.807, 2.05) is 30.3 Å². The molecule has 0 fully saturated rings. The lowest BCUT2D eigenvalue weighted by Gasteiger charge is -2.24. The molecule has 6 nitrogen and oxygen atoms in total. The van der Waals surface area contributed by atoms with Gasteiger partial charge in [-0.2, -0.15) is 0 Å². The number of rotatable bonds is 8. The number of carbonyl (C=O) groups excluding carboxylic acids is 2. The third kappa shape index (κ3) is 4.73. The van der Waals surface area contributed by atoms with E-state index in [1.54, 1.807) is 23.1 Å². The van der Waals surface area contributed by atoms with Crippen molar-refractivity contribution in [1.82, 2.24) is 4.90 Å². The molecule has 0 radical (unpaired) electrons. The molecule has 0 unspecified atom stereocenters. The fourth-order valence-corrected chi connectivity index (χ4v) is 2.53. The van der Waals surface area contributed by atoms with E-state index >= 15 is 0 Å². The van der Waals surface area contributed by atoms with Crippen molar-refractivity contribution < 1.29 is 19.1 Å². The summed E-state index contributed by atoms with van der Waals surface area (Å²) in [6.45, 7) is 0.594. The zero-order valence-electron chi connectivity index (χ0n) is 14.4. The minimum atomic E-state index is -0.455. The van der Waals surface area contributed by atoms with E-state index in [4.69, 9.17) is 15.2 Å². The van der Waals surface area contributed by atoms with Crippen LogP contribution < -0.4 is 15.2 Å². The first-order valence-corrected chi connectivity index (χ1v) is 7.89. The summed E-state index contributed by atoms with van der Waals surface area (Å²) < 4.78 is 10.6. The number of methoxy groups -OCH3 is 2. The third-order valence-electron chi connectivity index (χ3n) is 3.76. The summed E-state index contributed by atoms with van der Waals surface area (Å²) in [5.41, 5.74) is 6.59. The summed E-state index contributed by atoms with van der Waals surface area (Å²) in [7, 11) is 3.00. The number of primary amides is 1. The van der Waals surface area contributed by atoms with Gasteiger partial charge in [0.15, 0.2) is 11.5 Å². The van der Waals surface area contributed by atoms with Crippen LogP contribution in [0.1, 0.15) is 22.3 Å². The van der Waals surface area contributed by atoms with Crippen LogP contribution in [0.15, 0.2) is 48.5 Å². The molecule has 0 spiro atoms. The molecule has 0 atom stereocenters. The van der Waals surface area contributed by atoms with Crippen LogP contribution in [-0.4, -0.2) is 37.5 Å². The van der Waals surface area contributed by atoms with E-state index in [1.165, 1.54) is 14.2 Å². The van der Waals surface area contributed by atoms with E-state index in [0.29, 0.717) is 23.6 Å². The normalized spacial score (nSPS) is 10.2. The van der Waals surface area contributed by atoms with Crippen molar-refractivity contribution in [2.75, 3.05) is 20.8 Å². The maximum absolute atomic E-state index is 13.0. The van der Waals surface area contributed by atoms with Crippen molar-refractivity contribution in [2.24, 2.45) is 5.73 Å². The number of hydrogen-bond donors (Lipinski definition) is 1. The Morgan fingerprint density at radius 1 is 1.00 bits per heavy atom. The second-order valence-electron chi connectivity index (χ2n) is 5.47. The Morgan fingerprint density at radius 2 is 1.72 bits per heavy atom. The molecule has 2 aromatic rings. The zero-order valence-corrected chi connectivity index (χ0v) is 14.4. The lowest BCUT2D eigenvalue weighted by atomic mass is 10.1. The van der Waals surface area contributed by atoms with Gasteiger partial charge in [-0.05, 0) is 17.7 Å². The largest absolute Gasteiger partial charge is 0.493 e. The first-order valence-electron chi connectivity index (χ1n) is 7.89. The highest BCUT2D eigenvalue weighted by atomic mass is 16.5. The molecule has 0 saturated heterocycles. The lowest BCUT2D eigenvalue weighted by Crippen LogP contribution is -2.34. The molecular formula is C19H22N2O4. The summed E-state index contributed by atoms with van der Waals surface area (Å²) in [5, 5.41) is 0. The van der Waals surface area contributed by atoms with Gasteiger partial charge in [0.05, 0.1) is 19.8 Å². The quantitative estimate of drug-likeness (QED) is 0.797. The molecule has 2 N–H and O–H groups in total. The average molecular weight is 342 g/mol. The fourth-order valence-electron chi connectivity index (χ4n) is 2.53. The van der Waals surface area contributed by atoms with Crippen molar-refractivity contribution in [1.29, 1.82) is 0 Å². The van der Waals surface area contributed by atoms with Crippen LogP contribution in [0.3, 0.4) is 0 Å². The van der Waals surface area contributed by atoms with Gasteiger partial charge in [-0.15, -0.1) is 0 Å². The zero-order chi connectivity index (χ0) is 18.2. The molecular weight excluding hydrogens is 320 g/mol. The van der Waals surface area contributed by atoms with Gasteiger partial charge in [-0.3, -0.25) is 9.59 Å². The van der Waals surface area contributed by atoms with Crippen LogP contribution in [-0.2, 0) is 11.3 Å². The predicted octanol–water partition coefficient (Wildman–Crippen LogP) is 2.22. The topological polar surface area (TPSA) is 81.9 Å². The fraction of sp³-hybridized carbons (Fsp3) is 0.263. The molecule has 0 aromatic heterocycles.